The number of nitrogens with zero attached hydrogens (tertiary/aromatic N) is 2. The number of ether oxygens (including phenoxy) is 1. The van der Waals surface area contributed by atoms with Crippen molar-refractivity contribution in [1.82, 2.24) is 0 Å². The summed E-state index contributed by atoms with van der Waals surface area (Å²) in [5.74, 6) is -0.462. The van der Waals surface area contributed by atoms with E-state index in [0.29, 0.717) is 5.56 Å². The number of hydrogen-bond donors (Lipinski definition) is 0. The maximum absolute atomic E-state index is 11.5. The molecule has 0 spiro atoms. The quantitative estimate of drug-likeness (QED) is 0.597. The van der Waals surface area contributed by atoms with E-state index in [1.807, 2.05) is 0 Å². The lowest BCUT2D eigenvalue weighted by Gasteiger charge is -2.08. The van der Waals surface area contributed by atoms with Gasteiger partial charge in [-0.3, -0.25) is 20.2 Å². The minimum Gasteiger partial charge on any atom is -0.443 e. The molecule has 0 heterocycles. The molecule has 0 aromatic heterocycles. The summed E-state index contributed by atoms with van der Waals surface area (Å²) >= 11 is 0. The lowest BCUT2D eigenvalue weighted by Crippen LogP contribution is -2.01. The zero-order valence-electron chi connectivity index (χ0n) is 12.6. The van der Waals surface area contributed by atoms with Crippen molar-refractivity contribution in [1.29, 1.82) is 0 Å². The van der Waals surface area contributed by atoms with Gasteiger partial charge in [0.25, 0.3) is 0 Å². The van der Waals surface area contributed by atoms with E-state index in [9.17, 15) is 28.6 Å². The van der Waals surface area contributed by atoms with Crippen molar-refractivity contribution in [3.63, 3.8) is 0 Å². The van der Waals surface area contributed by atoms with Crippen molar-refractivity contribution >= 4 is 21.2 Å². The number of aryl methyl sites for hydroxylation is 1. The zero-order valence-corrected chi connectivity index (χ0v) is 13.4. The molecular weight excluding hydrogens is 340 g/mol. The van der Waals surface area contributed by atoms with Gasteiger partial charge in [0.2, 0.25) is 11.5 Å². The second kappa shape index (κ2) is 6.24. The van der Waals surface area contributed by atoms with Crippen LogP contribution >= 0.6 is 0 Å². The molecule has 0 aliphatic heterocycles. The molecule has 2 rings (SSSR count). The summed E-state index contributed by atoms with van der Waals surface area (Å²) in [6, 6.07) is 7.19. The van der Waals surface area contributed by atoms with Crippen LogP contribution in [0.15, 0.2) is 41.3 Å². The molecule has 0 unspecified atom stereocenters. The summed E-state index contributed by atoms with van der Waals surface area (Å²) in [6.07, 6.45) is 0.915. The Morgan fingerprint density at radius 3 is 2.08 bits per heavy atom. The highest BCUT2D eigenvalue weighted by Gasteiger charge is 2.23. The van der Waals surface area contributed by atoms with Gasteiger partial charge in [-0.05, 0) is 30.7 Å². The van der Waals surface area contributed by atoms with Gasteiger partial charge in [0.15, 0.2) is 9.84 Å². The molecular formula is C14H12N2O7S. The summed E-state index contributed by atoms with van der Waals surface area (Å²) in [7, 11) is -3.65. The Labute approximate surface area is 136 Å². The first-order valence-electron chi connectivity index (χ1n) is 6.51. The van der Waals surface area contributed by atoms with E-state index in [2.05, 4.69) is 0 Å². The lowest BCUT2D eigenvalue weighted by molar-refractivity contribution is -0.387. The van der Waals surface area contributed by atoms with Gasteiger partial charge in [-0.25, -0.2) is 8.42 Å². The normalized spacial score (nSPS) is 11.1. The molecule has 126 valence electrons. The third-order valence-electron chi connectivity index (χ3n) is 3.09. The number of nitro groups is 2. The monoisotopic (exact) mass is 352 g/mol. The predicted molar refractivity (Wildman–Crippen MR) is 84.1 cm³/mol. The second-order valence-electron chi connectivity index (χ2n) is 4.99. The maximum Gasteiger partial charge on any atom is 0.312 e. The smallest absolute Gasteiger partial charge is 0.312 e. The highest BCUT2D eigenvalue weighted by molar-refractivity contribution is 7.90. The molecule has 24 heavy (non-hydrogen) atoms. The number of nitro benzene ring substituents is 2. The Morgan fingerprint density at radius 1 is 0.917 bits per heavy atom. The van der Waals surface area contributed by atoms with Crippen LogP contribution in [0.4, 0.5) is 11.4 Å². The molecule has 0 saturated carbocycles. The standard InChI is InChI=1S/C14H12N2O7S/c1-9-3-5-11(15(17)18)14(7-9)23-13-6-4-10(24(2,21)22)8-12(13)16(19)20/h3-8H,1-2H3. The number of rotatable bonds is 5. The Balaban J connectivity index is 2.57. The summed E-state index contributed by atoms with van der Waals surface area (Å²) in [6.45, 7) is 1.68. The summed E-state index contributed by atoms with van der Waals surface area (Å²) in [4.78, 5) is 20.5. The predicted octanol–water partition coefficient (Wildman–Crippen LogP) is 3.01. The van der Waals surface area contributed by atoms with Crippen LogP contribution in [-0.4, -0.2) is 24.5 Å². The molecule has 0 fully saturated rings. The van der Waals surface area contributed by atoms with Gasteiger partial charge in [0, 0.05) is 18.4 Å². The average molecular weight is 352 g/mol. The molecule has 0 N–H and O–H groups in total. The summed E-state index contributed by atoms with van der Waals surface area (Å²) in [5.41, 5.74) is -0.304. The fraction of sp³-hybridized carbons (Fsp3) is 0.143. The van der Waals surface area contributed by atoms with Crippen LogP contribution in [0.5, 0.6) is 11.5 Å². The summed E-state index contributed by atoms with van der Waals surface area (Å²) < 4.78 is 28.4. The highest BCUT2D eigenvalue weighted by Crippen LogP contribution is 2.37. The lowest BCUT2D eigenvalue weighted by atomic mass is 10.2. The van der Waals surface area contributed by atoms with Crippen molar-refractivity contribution < 1.29 is 23.0 Å². The van der Waals surface area contributed by atoms with Crippen LogP contribution in [0.1, 0.15) is 5.56 Å². The van der Waals surface area contributed by atoms with Crippen molar-refractivity contribution in [3.8, 4) is 11.5 Å². The van der Waals surface area contributed by atoms with E-state index in [-0.39, 0.29) is 22.1 Å². The average Bonchev–Trinajstić information content (AvgIpc) is 2.46. The van der Waals surface area contributed by atoms with Crippen LogP contribution < -0.4 is 4.74 Å². The third-order valence-corrected chi connectivity index (χ3v) is 4.20. The third kappa shape index (κ3) is 3.66. The number of benzene rings is 2. The second-order valence-corrected chi connectivity index (χ2v) is 7.00. The topological polar surface area (TPSA) is 130 Å². The summed E-state index contributed by atoms with van der Waals surface area (Å²) in [5, 5.41) is 22.2. The van der Waals surface area contributed by atoms with Gasteiger partial charge < -0.3 is 4.74 Å². The van der Waals surface area contributed by atoms with Gasteiger partial charge in [0.1, 0.15) is 0 Å². The Hall–Kier alpha value is -3.01. The first-order valence-corrected chi connectivity index (χ1v) is 8.40. The highest BCUT2D eigenvalue weighted by atomic mass is 32.2. The van der Waals surface area contributed by atoms with Gasteiger partial charge in [-0.1, -0.05) is 6.07 Å². The molecule has 0 bridgehead atoms. The van der Waals surface area contributed by atoms with E-state index in [1.165, 1.54) is 18.2 Å². The van der Waals surface area contributed by atoms with Gasteiger partial charge in [0.05, 0.1) is 14.7 Å². The fourth-order valence-electron chi connectivity index (χ4n) is 1.93. The molecule has 0 aliphatic rings. The molecule has 0 radical (unpaired) electrons. The van der Waals surface area contributed by atoms with Crippen LogP contribution in [0.3, 0.4) is 0 Å². The Morgan fingerprint density at radius 2 is 1.54 bits per heavy atom. The maximum atomic E-state index is 11.5. The minimum atomic E-state index is -3.65. The van der Waals surface area contributed by atoms with Gasteiger partial charge in [-0.15, -0.1) is 0 Å². The van der Waals surface area contributed by atoms with E-state index >= 15 is 0 Å². The largest absolute Gasteiger partial charge is 0.443 e. The van der Waals surface area contributed by atoms with E-state index < -0.39 is 25.4 Å². The molecule has 0 amide bonds. The first kappa shape index (κ1) is 17.3. The Bertz CT molecular complexity index is 938. The Kier molecular flexibility index (Phi) is 4.51. The molecule has 0 saturated heterocycles. The fourth-order valence-corrected chi connectivity index (χ4v) is 2.57. The van der Waals surface area contributed by atoms with Crippen molar-refractivity contribution in [2.75, 3.05) is 6.26 Å². The van der Waals surface area contributed by atoms with E-state index in [0.717, 1.165) is 24.5 Å². The van der Waals surface area contributed by atoms with Crippen molar-refractivity contribution in [2.45, 2.75) is 11.8 Å². The SMILES string of the molecule is Cc1ccc([N+](=O)[O-])c(Oc2ccc(S(C)(=O)=O)cc2[N+](=O)[O-])c1. The first-order chi connectivity index (χ1) is 11.1. The van der Waals surface area contributed by atoms with Crippen LogP contribution in [-0.2, 0) is 9.84 Å². The molecule has 0 aliphatic carbocycles. The molecule has 9 nitrogen and oxygen atoms in total. The van der Waals surface area contributed by atoms with Crippen LogP contribution in [0.25, 0.3) is 0 Å². The minimum absolute atomic E-state index is 0.171. The number of hydrogen-bond acceptors (Lipinski definition) is 7. The zero-order chi connectivity index (χ0) is 18.1. The van der Waals surface area contributed by atoms with Crippen molar-refractivity contribution in [2.24, 2.45) is 0 Å². The molecule has 0 atom stereocenters. The molecule has 10 heteroatoms. The van der Waals surface area contributed by atoms with Gasteiger partial charge in [-0.2, -0.15) is 0 Å². The van der Waals surface area contributed by atoms with Gasteiger partial charge >= 0.3 is 11.4 Å². The molecule has 2 aromatic rings. The van der Waals surface area contributed by atoms with Crippen molar-refractivity contribution in [3.05, 3.63) is 62.2 Å². The van der Waals surface area contributed by atoms with E-state index in [4.69, 9.17) is 4.74 Å². The van der Waals surface area contributed by atoms with Crippen LogP contribution in [0, 0.1) is 27.2 Å². The number of sulfone groups is 1. The van der Waals surface area contributed by atoms with Crippen LogP contribution in [0.2, 0.25) is 0 Å². The van der Waals surface area contributed by atoms with E-state index in [1.54, 1.807) is 6.92 Å². The molecule has 2 aromatic carbocycles.